The molecule has 0 aliphatic heterocycles. The van der Waals surface area contributed by atoms with E-state index in [1.165, 1.54) is 6.92 Å². The quantitative estimate of drug-likeness (QED) is 0.398. The minimum atomic E-state index is -9.45. The Bertz CT molecular complexity index is 720. The van der Waals surface area contributed by atoms with Crippen LogP contribution in [0.15, 0.2) is 58.3 Å². The van der Waals surface area contributed by atoms with Crippen LogP contribution in [-0.4, -0.2) is 0 Å². The number of rotatable bonds is 2. The third-order valence-electron chi connectivity index (χ3n) is 2.93. The molecule has 0 unspecified atom stereocenters. The summed E-state index contributed by atoms with van der Waals surface area (Å²) in [6.45, 7) is 3.13. The summed E-state index contributed by atoms with van der Waals surface area (Å²) in [5.41, 5.74) is 1.12. The first kappa shape index (κ1) is 22.8. The van der Waals surface area contributed by atoms with Crippen molar-refractivity contribution in [2.75, 3.05) is 0 Å². The molecule has 0 saturated carbocycles. The molecule has 2 rings (SSSR count). The third kappa shape index (κ3) is 7.20. The maximum Gasteiger partial charge on any atom is 0.310 e. The monoisotopic (exact) mass is 452 g/mol. The van der Waals surface area contributed by atoms with E-state index in [-0.39, 0.29) is 0 Å². The molecule has 0 heterocycles. The van der Waals surface area contributed by atoms with Gasteiger partial charge in [0.1, 0.15) is 4.90 Å². The Balaban J connectivity index is 0.000000260. The van der Waals surface area contributed by atoms with Crippen molar-refractivity contribution in [1.29, 1.82) is 0 Å². The van der Waals surface area contributed by atoms with Gasteiger partial charge in [0.15, 0.2) is 0 Å². The lowest BCUT2D eigenvalue weighted by Crippen LogP contribution is -2.05. The molecule has 0 N–H and O–H groups in total. The molecule has 0 saturated heterocycles. The number of hydrogen-bond acceptors (Lipinski definition) is 0. The van der Waals surface area contributed by atoms with Gasteiger partial charge in [-0.1, -0.05) is 54.8 Å². The first-order valence-corrected chi connectivity index (χ1v) is 11.4. The van der Waals surface area contributed by atoms with Crippen molar-refractivity contribution in [3.05, 3.63) is 59.7 Å². The molecule has 0 bridgehead atoms. The van der Waals surface area contributed by atoms with Gasteiger partial charge in [-0.15, -0.1) is 15.5 Å². The van der Waals surface area contributed by atoms with Gasteiger partial charge in [0.05, 0.1) is 4.90 Å². The van der Waals surface area contributed by atoms with E-state index in [2.05, 4.69) is 10.7 Å². The molecule has 2 aromatic rings. The largest absolute Gasteiger partial charge is 0.310 e. The highest BCUT2D eigenvalue weighted by atomic mass is 35.7. The maximum absolute atomic E-state index is 12.5. The highest BCUT2D eigenvalue weighted by Crippen LogP contribution is 3.04. The fourth-order valence-electron chi connectivity index (χ4n) is 1.59. The van der Waals surface area contributed by atoms with Crippen molar-refractivity contribution in [2.24, 2.45) is 0 Å². The normalized spacial score (nSPS) is 17.7. The van der Waals surface area contributed by atoms with Crippen LogP contribution in [0.2, 0.25) is 0 Å². The molecule has 0 spiro atoms. The number of hydrogen-bond donors (Lipinski definition) is 0. The molecule has 12 heteroatoms. The number of halogens is 10. The van der Waals surface area contributed by atoms with Crippen LogP contribution in [0.4, 0.5) is 35.0 Å². The van der Waals surface area contributed by atoms with Gasteiger partial charge in [0, 0.05) is 10.7 Å². The Labute approximate surface area is 148 Å². The lowest BCUT2D eigenvalue weighted by Gasteiger charge is -2.42. The van der Waals surface area contributed by atoms with E-state index in [9.17, 15) is 35.0 Å². The molecular formula is C14H14ClF9S2. The molecule has 0 fully saturated rings. The fourth-order valence-corrected chi connectivity index (χ4v) is 3.20. The Hall–Kier alpha value is -1.20. The molecule has 0 aliphatic carbocycles. The fraction of sp³-hybridized carbons (Fsp3) is 0.143. The van der Waals surface area contributed by atoms with Crippen LogP contribution in [0.25, 0.3) is 0 Å². The van der Waals surface area contributed by atoms with Crippen molar-refractivity contribution < 1.29 is 35.0 Å². The predicted molar refractivity (Wildman–Crippen MR) is 89.9 cm³/mol. The van der Waals surface area contributed by atoms with Crippen molar-refractivity contribution in [1.82, 2.24) is 0 Å². The summed E-state index contributed by atoms with van der Waals surface area (Å²) in [5, 5.41) is 0. The summed E-state index contributed by atoms with van der Waals surface area (Å²) in [7, 11) is -13.9. The predicted octanol–water partition coefficient (Wildman–Crippen LogP) is 9.57. The number of benzene rings is 2. The van der Waals surface area contributed by atoms with Gasteiger partial charge in [-0.3, -0.25) is 0 Å². The molecule has 0 atom stereocenters. The minimum Gasteiger partial charge on any atom is -0.107 e. The van der Waals surface area contributed by atoms with Crippen LogP contribution < -0.4 is 0 Å². The minimum absolute atomic E-state index is 0.400. The first-order chi connectivity index (χ1) is 11.0. The van der Waals surface area contributed by atoms with Gasteiger partial charge < -0.3 is 0 Å². The zero-order valence-corrected chi connectivity index (χ0v) is 15.6. The molecule has 0 amide bonds. The SMILES string of the molecule is Cc1ccc(S(F)(F)(F)(F)Cl)cc1.Cc1ccc(S(F)(F)(F)(F)F)cc1. The van der Waals surface area contributed by atoms with Crippen molar-refractivity contribution in [3.8, 4) is 0 Å². The zero-order chi connectivity index (χ0) is 20.8. The molecule has 0 aliphatic rings. The molecule has 0 aromatic heterocycles. The molecule has 26 heavy (non-hydrogen) atoms. The maximum atomic E-state index is 12.5. The van der Waals surface area contributed by atoms with Gasteiger partial charge >= 0.3 is 10.2 Å². The second-order valence-electron chi connectivity index (χ2n) is 5.56. The summed E-state index contributed by atoms with van der Waals surface area (Å²) in [6.07, 6.45) is 0. The van der Waals surface area contributed by atoms with E-state index in [1.54, 1.807) is 6.92 Å². The topological polar surface area (TPSA) is 0 Å². The summed E-state index contributed by atoms with van der Waals surface area (Å²) < 4.78 is 110. The van der Waals surface area contributed by atoms with Gasteiger partial charge in [0.25, 0.3) is 9.05 Å². The lowest BCUT2D eigenvalue weighted by atomic mass is 10.2. The molecule has 0 nitrogen and oxygen atoms in total. The standard InChI is InChI=1S/C7H7ClF4S.C7H7F5S/c2*1-6-2-4-7(5-3-6)13(8,9,10,11)12/h2*2-5H,1H3. The highest BCUT2D eigenvalue weighted by molar-refractivity contribution is 8.65. The van der Waals surface area contributed by atoms with E-state index < -0.39 is 29.1 Å². The van der Waals surface area contributed by atoms with Crippen LogP contribution in [0.5, 0.6) is 0 Å². The number of aryl methyl sites for hydroxylation is 2. The lowest BCUT2D eigenvalue weighted by molar-refractivity contribution is 0.364. The van der Waals surface area contributed by atoms with E-state index in [4.69, 9.17) is 0 Å². The summed E-state index contributed by atoms with van der Waals surface area (Å²) in [6, 6.07) is 6.42. The molecule has 0 radical (unpaired) electrons. The Kier molecular flexibility index (Phi) is 4.56. The van der Waals surface area contributed by atoms with Gasteiger partial charge in [0.2, 0.25) is 0 Å². The first-order valence-electron chi connectivity index (χ1n) is 6.59. The summed E-state index contributed by atoms with van der Waals surface area (Å²) in [4.78, 5) is -3.25. The Morgan fingerprint density at radius 2 is 0.808 bits per heavy atom. The molecular weight excluding hydrogens is 439 g/mol. The van der Waals surface area contributed by atoms with Crippen molar-refractivity contribution >= 4 is 30.0 Å². The second-order valence-corrected chi connectivity index (χ2v) is 12.2. The van der Waals surface area contributed by atoms with Crippen molar-refractivity contribution in [2.45, 2.75) is 23.6 Å². The van der Waals surface area contributed by atoms with Crippen LogP contribution in [0.1, 0.15) is 11.1 Å². The van der Waals surface area contributed by atoms with Gasteiger partial charge in [-0.25, -0.2) is 0 Å². The average molecular weight is 453 g/mol. The van der Waals surface area contributed by atoms with Crippen LogP contribution in [-0.2, 0) is 0 Å². The van der Waals surface area contributed by atoms with Crippen LogP contribution in [0, 0.1) is 13.8 Å². The van der Waals surface area contributed by atoms with Gasteiger partial charge in [-0.05, 0) is 38.1 Å². The van der Waals surface area contributed by atoms with Gasteiger partial charge in [-0.2, -0.15) is 0 Å². The smallest absolute Gasteiger partial charge is 0.107 e. The zero-order valence-electron chi connectivity index (χ0n) is 13.2. The van der Waals surface area contributed by atoms with E-state index >= 15 is 0 Å². The summed E-state index contributed by atoms with van der Waals surface area (Å²) >= 11 is 0. The average Bonchev–Trinajstić information content (AvgIpc) is 2.34. The van der Waals surface area contributed by atoms with E-state index in [0.29, 0.717) is 35.4 Å². The van der Waals surface area contributed by atoms with E-state index in [1.807, 2.05) is 0 Å². The van der Waals surface area contributed by atoms with Crippen LogP contribution >= 0.6 is 30.0 Å². The third-order valence-corrected chi connectivity index (χ3v) is 5.79. The molecule has 152 valence electrons. The van der Waals surface area contributed by atoms with Crippen LogP contribution in [0.3, 0.4) is 0 Å². The molecule has 2 aromatic carbocycles. The Morgan fingerprint density at radius 1 is 0.538 bits per heavy atom. The summed E-state index contributed by atoms with van der Waals surface area (Å²) in [5.74, 6) is 0. The second kappa shape index (κ2) is 5.20. The highest BCUT2D eigenvalue weighted by Gasteiger charge is 2.65. The van der Waals surface area contributed by atoms with E-state index in [0.717, 1.165) is 24.3 Å². The van der Waals surface area contributed by atoms with Crippen molar-refractivity contribution in [3.63, 3.8) is 0 Å². The Morgan fingerprint density at radius 3 is 1.04 bits per heavy atom.